The Hall–Kier alpha value is -0.790. The molecule has 2 rings (SSSR count). The minimum Gasteiger partial charge on any atom is -0.399 e. The summed E-state index contributed by atoms with van der Waals surface area (Å²) in [6.07, 6.45) is 9.21. The first-order chi connectivity index (χ1) is 5.40. The van der Waals surface area contributed by atoms with Crippen LogP contribution >= 0.6 is 0 Å². The predicted octanol–water partition coefficient (Wildman–Crippen LogP) is 1.83. The molecule has 0 saturated heterocycles. The van der Waals surface area contributed by atoms with Crippen molar-refractivity contribution >= 4 is 6.21 Å². The van der Waals surface area contributed by atoms with E-state index in [4.69, 9.17) is 0 Å². The van der Waals surface area contributed by atoms with Crippen LogP contribution in [0.2, 0.25) is 0 Å². The Morgan fingerprint density at radius 3 is 2.91 bits per heavy atom. The fourth-order valence-corrected chi connectivity index (χ4v) is 2.13. The normalized spacial score (nSPS) is 40.6. The van der Waals surface area contributed by atoms with E-state index in [1.165, 1.54) is 12.8 Å². The molecule has 3 atom stereocenters. The molecule has 2 aliphatic rings. The smallest absolute Gasteiger partial charge is 0.106 e. The molecule has 0 spiro atoms. The molecule has 0 aromatic heterocycles. The zero-order valence-electron chi connectivity index (χ0n) is 6.73. The fourth-order valence-electron chi connectivity index (χ4n) is 2.13. The van der Waals surface area contributed by atoms with Crippen LogP contribution in [0.5, 0.6) is 0 Å². The maximum Gasteiger partial charge on any atom is 0.106 e. The van der Waals surface area contributed by atoms with Gasteiger partial charge in [0.1, 0.15) is 7.11 Å². The Balaban J connectivity index is 1.98. The number of hydrogen-bond acceptors (Lipinski definition) is 2. The van der Waals surface area contributed by atoms with Crippen LogP contribution in [-0.2, 0) is 4.84 Å². The van der Waals surface area contributed by atoms with Crippen LogP contribution in [-0.4, -0.2) is 13.3 Å². The summed E-state index contributed by atoms with van der Waals surface area (Å²) >= 11 is 0. The molecule has 0 aromatic carbocycles. The molecular formula is C9H13NO. The maximum atomic E-state index is 4.66. The van der Waals surface area contributed by atoms with Crippen molar-refractivity contribution in [2.45, 2.75) is 12.8 Å². The number of rotatable bonds is 2. The zero-order valence-corrected chi connectivity index (χ0v) is 6.73. The molecule has 1 unspecified atom stereocenters. The van der Waals surface area contributed by atoms with E-state index in [0.717, 1.165) is 11.8 Å². The van der Waals surface area contributed by atoms with E-state index in [9.17, 15) is 0 Å². The SMILES string of the molecule is CON=CC1C[C@H]2C=C[C@@H]1C2. The number of oxime groups is 1. The van der Waals surface area contributed by atoms with Crippen molar-refractivity contribution in [1.29, 1.82) is 0 Å². The number of fused-ring (bicyclic) bond motifs is 2. The van der Waals surface area contributed by atoms with E-state index in [0.29, 0.717) is 5.92 Å². The quantitative estimate of drug-likeness (QED) is 0.335. The number of hydrogen-bond donors (Lipinski definition) is 0. The first-order valence-electron chi connectivity index (χ1n) is 4.15. The molecule has 1 fully saturated rings. The molecule has 0 aromatic rings. The van der Waals surface area contributed by atoms with Crippen LogP contribution in [0.4, 0.5) is 0 Å². The number of nitrogens with zero attached hydrogens (tertiary/aromatic N) is 1. The van der Waals surface area contributed by atoms with Crippen LogP contribution in [0.15, 0.2) is 17.3 Å². The molecule has 0 radical (unpaired) electrons. The van der Waals surface area contributed by atoms with Gasteiger partial charge in [-0.1, -0.05) is 17.3 Å². The summed E-state index contributed by atoms with van der Waals surface area (Å²) in [6, 6.07) is 0. The fraction of sp³-hybridized carbons (Fsp3) is 0.667. The van der Waals surface area contributed by atoms with Gasteiger partial charge < -0.3 is 4.84 Å². The van der Waals surface area contributed by atoms with Gasteiger partial charge in [0.25, 0.3) is 0 Å². The summed E-state index contributed by atoms with van der Waals surface area (Å²) in [7, 11) is 1.60. The third-order valence-electron chi connectivity index (χ3n) is 2.69. The van der Waals surface area contributed by atoms with Gasteiger partial charge in [-0.15, -0.1) is 0 Å². The molecule has 0 aliphatic heterocycles. The highest BCUT2D eigenvalue weighted by Gasteiger charge is 2.34. The van der Waals surface area contributed by atoms with Gasteiger partial charge in [-0.25, -0.2) is 0 Å². The average Bonchev–Trinajstić information content (AvgIpc) is 2.60. The molecule has 2 aliphatic carbocycles. The minimum atomic E-state index is 0.643. The number of allylic oxidation sites excluding steroid dienone is 2. The highest BCUT2D eigenvalue weighted by molar-refractivity contribution is 5.62. The van der Waals surface area contributed by atoms with Crippen molar-refractivity contribution in [3.63, 3.8) is 0 Å². The lowest BCUT2D eigenvalue weighted by Gasteiger charge is -2.10. The summed E-state index contributed by atoms with van der Waals surface area (Å²) in [5.41, 5.74) is 0. The summed E-state index contributed by atoms with van der Waals surface area (Å²) < 4.78 is 0. The minimum absolute atomic E-state index is 0.643. The van der Waals surface area contributed by atoms with Gasteiger partial charge in [-0.05, 0) is 24.7 Å². The third kappa shape index (κ3) is 1.17. The second kappa shape index (κ2) is 2.68. The Morgan fingerprint density at radius 1 is 1.45 bits per heavy atom. The summed E-state index contributed by atoms with van der Waals surface area (Å²) in [5.74, 6) is 2.22. The van der Waals surface area contributed by atoms with Crippen molar-refractivity contribution in [3.05, 3.63) is 12.2 Å². The largest absolute Gasteiger partial charge is 0.399 e. The highest BCUT2D eigenvalue weighted by atomic mass is 16.6. The Labute approximate surface area is 66.9 Å². The Morgan fingerprint density at radius 2 is 2.36 bits per heavy atom. The first-order valence-corrected chi connectivity index (χ1v) is 4.15. The van der Waals surface area contributed by atoms with Gasteiger partial charge in [0.05, 0.1) is 0 Å². The van der Waals surface area contributed by atoms with E-state index < -0.39 is 0 Å². The van der Waals surface area contributed by atoms with Crippen LogP contribution in [0.3, 0.4) is 0 Å². The molecule has 2 heteroatoms. The van der Waals surface area contributed by atoms with Crippen molar-refractivity contribution in [1.82, 2.24) is 0 Å². The molecule has 2 nitrogen and oxygen atoms in total. The lowest BCUT2D eigenvalue weighted by Crippen LogP contribution is -2.07. The average molecular weight is 151 g/mol. The van der Waals surface area contributed by atoms with E-state index >= 15 is 0 Å². The monoisotopic (exact) mass is 151 g/mol. The van der Waals surface area contributed by atoms with Gasteiger partial charge in [0, 0.05) is 12.1 Å². The van der Waals surface area contributed by atoms with Crippen molar-refractivity contribution in [2.24, 2.45) is 22.9 Å². The van der Waals surface area contributed by atoms with Gasteiger partial charge in [0.15, 0.2) is 0 Å². The Bertz CT molecular complexity index is 198. The molecule has 1 saturated carbocycles. The summed E-state index contributed by atoms with van der Waals surface area (Å²) in [6.45, 7) is 0. The van der Waals surface area contributed by atoms with E-state index in [-0.39, 0.29) is 0 Å². The molecule has 11 heavy (non-hydrogen) atoms. The predicted molar refractivity (Wildman–Crippen MR) is 44.3 cm³/mol. The maximum absolute atomic E-state index is 4.66. The van der Waals surface area contributed by atoms with Crippen molar-refractivity contribution in [3.8, 4) is 0 Å². The zero-order chi connectivity index (χ0) is 7.68. The molecule has 60 valence electrons. The van der Waals surface area contributed by atoms with Gasteiger partial charge in [0.2, 0.25) is 0 Å². The van der Waals surface area contributed by atoms with Crippen LogP contribution in [0.1, 0.15) is 12.8 Å². The lowest BCUT2D eigenvalue weighted by atomic mass is 9.95. The lowest BCUT2D eigenvalue weighted by molar-refractivity contribution is 0.212. The van der Waals surface area contributed by atoms with Crippen LogP contribution in [0, 0.1) is 17.8 Å². The first kappa shape index (κ1) is 6.89. The van der Waals surface area contributed by atoms with E-state index in [1.54, 1.807) is 7.11 Å². The third-order valence-corrected chi connectivity index (χ3v) is 2.69. The second-order valence-electron chi connectivity index (χ2n) is 3.38. The van der Waals surface area contributed by atoms with Gasteiger partial charge >= 0.3 is 0 Å². The van der Waals surface area contributed by atoms with Crippen LogP contribution < -0.4 is 0 Å². The second-order valence-corrected chi connectivity index (χ2v) is 3.38. The summed E-state index contributed by atoms with van der Waals surface area (Å²) in [4.78, 5) is 4.66. The van der Waals surface area contributed by atoms with E-state index in [2.05, 4.69) is 22.1 Å². The van der Waals surface area contributed by atoms with Crippen LogP contribution in [0.25, 0.3) is 0 Å². The summed E-state index contributed by atoms with van der Waals surface area (Å²) in [5, 5.41) is 3.81. The topological polar surface area (TPSA) is 21.6 Å². The highest BCUT2D eigenvalue weighted by Crippen LogP contribution is 2.42. The molecule has 0 amide bonds. The Kier molecular flexibility index (Phi) is 1.68. The van der Waals surface area contributed by atoms with Gasteiger partial charge in [-0.2, -0.15) is 0 Å². The van der Waals surface area contributed by atoms with Crippen molar-refractivity contribution in [2.75, 3.05) is 7.11 Å². The molecule has 0 heterocycles. The van der Waals surface area contributed by atoms with E-state index in [1.807, 2.05) is 6.21 Å². The molecule has 0 N–H and O–H groups in total. The molecular weight excluding hydrogens is 138 g/mol. The standard InChI is InChI=1S/C9H13NO/c1-11-10-6-9-5-7-2-3-8(9)4-7/h2-3,6-9H,4-5H2,1H3/t7-,8+,9?/m0/s1. The molecule has 2 bridgehead atoms. The van der Waals surface area contributed by atoms with Gasteiger partial charge in [-0.3, -0.25) is 0 Å². The van der Waals surface area contributed by atoms with Crippen molar-refractivity contribution < 1.29 is 4.84 Å².